The Hall–Kier alpha value is -2.76. The van der Waals surface area contributed by atoms with E-state index in [-0.39, 0.29) is 5.95 Å². The van der Waals surface area contributed by atoms with Gasteiger partial charge in [-0.2, -0.15) is 4.98 Å². The third-order valence-electron chi connectivity index (χ3n) is 4.09. The SMILES string of the molecule is CC=C(CC)c1c(OCC)cc(Cc2cnc(N)nc2N)cc1OCC. The van der Waals surface area contributed by atoms with E-state index in [0.29, 0.717) is 25.5 Å². The average molecular weight is 356 g/mol. The molecule has 6 heteroatoms. The minimum absolute atomic E-state index is 0.173. The predicted molar refractivity (Wildman–Crippen MR) is 106 cm³/mol. The van der Waals surface area contributed by atoms with Crippen LogP contribution in [0, 0.1) is 0 Å². The first-order chi connectivity index (χ1) is 12.5. The molecular formula is C20H28N4O2. The summed E-state index contributed by atoms with van der Waals surface area (Å²) in [6, 6.07) is 4.08. The number of anilines is 2. The normalized spacial score (nSPS) is 11.5. The quantitative estimate of drug-likeness (QED) is 0.746. The zero-order chi connectivity index (χ0) is 19.1. The molecule has 1 heterocycles. The zero-order valence-electron chi connectivity index (χ0n) is 16.0. The molecule has 4 N–H and O–H groups in total. The lowest BCUT2D eigenvalue weighted by atomic mass is 9.96. The van der Waals surface area contributed by atoms with Crippen LogP contribution < -0.4 is 20.9 Å². The molecule has 0 saturated carbocycles. The van der Waals surface area contributed by atoms with Crippen LogP contribution in [0.5, 0.6) is 11.5 Å². The third-order valence-corrected chi connectivity index (χ3v) is 4.09. The molecule has 0 radical (unpaired) electrons. The maximum atomic E-state index is 5.98. The van der Waals surface area contributed by atoms with Crippen LogP contribution in [0.15, 0.2) is 24.4 Å². The van der Waals surface area contributed by atoms with Crippen molar-refractivity contribution >= 4 is 17.3 Å². The Morgan fingerprint density at radius 1 is 1.08 bits per heavy atom. The zero-order valence-corrected chi connectivity index (χ0v) is 16.0. The first-order valence-electron chi connectivity index (χ1n) is 8.98. The minimum atomic E-state index is 0.173. The molecule has 1 aromatic carbocycles. The fourth-order valence-electron chi connectivity index (χ4n) is 2.92. The number of hydrogen-bond donors (Lipinski definition) is 2. The molecule has 0 atom stereocenters. The summed E-state index contributed by atoms with van der Waals surface area (Å²) < 4.78 is 11.9. The number of ether oxygens (including phenoxy) is 2. The van der Waals surface area contributed by atoms with Gasteiger partial charge in [-0.3, -0.25) is 0 Å². The van der Waals surface area contributed by atoms with E-state index in [1.165, 1.54) is 5.57 Å². The van der Waals surface area contributed by atoms with Crippen molar-refractivity contribution in [2.45, 2.75) is 40.5 Å². The van der Waals surface area contributed by atoms with Gasteiger partial charge in [0.05, 0.1) is 18.8 Å². The maximum absolute atomic E-state index is 5.98. The second kappa shape index (κ2) is 9.08. The van der Waals surface area contributed by atoms with Crippen LogP contribution >= 0.6 is 0 Å². The van der Waals surface area contributed by atoms with E-state index in [4.69, 9.17) is 20.9 Å². The van der Waals surface area contributed by atoms with Crippen molar-refractivity contribution in [1.29, 1.82) is 0 Å². The van der Waals surface area contributed by atoms with Crippen molar-refractivity contribution in [2.75, 3.05) is 24.7 Å². The number of allylic oxidation sites excluding steroid dienone is 2. The van der Waals surface area contributed by atoms with E-state index in [0.717, 1.165) is 34.6 Å². The summed E-state index contributed by atoms with van der Waals surface area (Å²) in [5, 5.41) is 0. The van der Waals surface area contributed by atoms with Crippen LogP contribution in [0.1, 0.15) is 50.8 Å². The van der Waals surface area contributed by atoms with Crippen LogP contribution in [-0.2, 0) is 6.42 Å². The monoisotopic (exact) mass is 356 g/mol. The highest BCUT2D eigenvalue weighted by molar-refractivity contribution is 5.76. The molecule has 0 saturated heterocycles. The van der Waals surface area contributed by atoms with E-state index in [1.807, 2.05) is 32.9 Å². The lowest BCUT2D eigenvalue weighted by Crippen LogP contribution is -2.06. The highest BCUT2D eigenvalue weighted by Gasteiger charge is 2.17. The van der Waals surface area contributed by atoms with Gasteiger partial charge < -0.3 is 20.9 Å². The number of benzene rings is 1. The van der Waals surface area contributed by atoms with Gasteiger partial charge in [0.15, 0.2) is 0 Å². The van der Waals surface area contributed by atoms with Gasteiger partial charge >= 0.3 is 0 Å². The lowest BCUT2D eigenvalue weighted by molar-refractivity contribution is 0.320. The number of rotatable bonds is 8. The molecule has 0 bridgehead atoms. The fourth-order valence-corrected chi connectivity index (χ4v) is 2.92. The molecule has 0 spiro atoms. The molecule has 2 aromatic rings. The van der Waals surface area contributed by atoms with E-state index in [2.05, 4.69) is 23.0 Å². The first kappa shape index (κ1) is 19.6. The van der Waals surface area contributed by atoms with Crippen molar-refractivity contribution in [3.8, 4) is 11.5 Å². The van der Waals surface area contributed by atoms with Crippen LogP contribution in [0.25, 0.3) is 5.57 Å². The average Bonchev–Trinajstić information content (AvgIpc) is 2.61. The van der Waals surface area contributed by atoms with Crippen LogP contribution in [0.2, 0.25) is 0 Å². The van der Waals surface area contributed by atoms with Crippen molar-refractivity contribution in [1.82, 2.24) is 9.97 Å². The topological polar surface area (TPSA) is 96.3 Å². The second-order valence-corrected chi connectivity index (χ2v) is 5.82. The Morgan fingerprint density at radius 2 is 1.69 bits per heavy atom. The number of hydrogen-bond acceptors (Lipinski definition) is 6. The van der Waals surface area contributed by atoms with E-state index in [9.17, 15) is 0 Å². The van der Waals surface area contributed by atoms with E-state index < -0.39 is 0 Å². The Labute approximate surface area is 155 Å². The molecule has 0 aliphatic rings. The van der Waals surface area contributed by atoms with Crippen molar-refractivity contribution < 1.29 is 9.47 Å². The second-order valence-electron chi connectivity index (χ2n) is 5.82. The van der Waals surface area contributed by atoms with E-state index in [1.54, 1.807) is 6.20 Å². The number of nitrogens with zero attached hydrogens (tertiary/aromatic N) is 2. The third kappa shape index (κ3) is 4.45. The van der Waals surface area contributed by atoms with Gasteiger partial charge in [0.1, 0.15) is 17.3 Å². The standard InChI is InChI=1S/C20H28N4O2/c1-5-14(6-2)18-16(25-7-3)10-13(11-17(18)26-8-4)9-15-12-23-20(22)24-19(15)21/h5,10-12H,6-9H2,1-4H3,(H4,21,22,23,24). The molecule has 0 aliphatic heterocycles. The number of aromatic nitrogens is 2. The molecule has 0 amide bonds. The summed E-state index contributed by atoms with van der Waals surface area (Å²) in [6.45, 7) is 9.27. The largest absolute Gasteiger partial charge is 0.493 e. The molecule has 0 fully saturated rings. The van der Waals surface area contributed by atoms with Gasteiger partial charge in [-0.1, -0.05) is 13.0 Å². The van der Waals surface area contributed by atoms with Crippen molar-refractivity contribution in [3.05, 3.63) is 41.1 Å². The van der Waals surface area contributed by atoms with Crippen LogP contribution in [0.4, 0.5) is 11.8 Å². The van der Waals surface area contributed by atoms with Gasteiger partial charge in [0.25, 0.3) is 0 Å². The summed E-state index contributed by atoms with van der Waals surface area (Å²) >= 11 is 0. The van der Waals surface area contributed by atoms with Crippen LogP contribution in [-0.4, -0.2) is 23.2 Å². The molecule has 2 rings (SSSR count). The smallest absolute Gasteiger partial charge is 0.221 e. The van der Waals surface area contributed by atoms with Gasteiger partial charge in [0, 0.05) is 18.2 Å². The summed E-state index contributed by atoms with van der Waals surface area (Å²) in [5.74, 6) is 2.20. The minimum Gasteiger partial charge on any atom is -0.493 e. The van der Waals surface area contributed by atoms with Gasteiger partial charge in [-0.05, 0) is 50.5 Å². The highest BCUT2D eigenvalue weighted by Crippen LogP contribution is 2.38. The predicted octanol–water partition coefficient (Wildman–Crippen LogP) is 3.84. The molecule has 0 unspecified atom stereocenters. The van der Waals surface area contributed by atoms with E-state index >= 15 is 0 Å². The summed E-state index contributed by atoms with van der Waals surface area (Å²) in [4.78, 5) is 8.07. The lowest BCUT2D eigenvalue weighted by Gasteiger charge is -2.19. The van der Waals surface area contributed by atoms with Gasteiger partial charge in [0.2, 0.25) is 5.95 Å². The molecule has 140 valence electrons. The molecule has 1 aromatic heterocycles. The Balaban J connectivity index is 2.53. The maximum Gasteiger partial charge on any atom is 0.221 e. The Bertz CT molecular complexity index is 760. The molecular weight excluding hydrogens is 328 g/mol. The van der Waals surface area contributed by atoms with Crippen molar-refractivity contribution in [2.24, 2.45) is 0 Å². The summed E-state index contributed by atoms with van der Waals surface area (Å²) in [7, 11) is 0. The highest BCUT2D eigenvalue weighted by atomic mass is 16.5. The fraction of sp³-hybridized carbons (Fsp3) is 0.400. The molecule has 26 heavy (non-hydrogen) atoms. The Morgan fingerprint density at radius 3 is 2.15 bits per heavy atom. The summed E-state index contributed by atoms with van der Waals surface area (Å²) in [6.07, 6.45) is 5.24. The van der Waals surface area contributed by atoms with Gasteiger partial charge in [-0.25, -0.2) is 4.98 Å². The first-order valence-corrected chi connectivity index (χ1v) is 8.98. The Kier molecular flexibility index (Phi) is 6.83. The number of nitrogens with two attached hydrogens (primary N) is 2. The van der Waals surface area contributed by atoms with Crippen molar-refractivity contribution in [3.63, 3.8) is 0 Å². The molecule has 0 aliphatic carbocycles. The summed E-state index contributed by atoms with van der Waals surface area (Å²) in [5.41, 5.74) is 15.6. The van der Waals surface area contributed by atoms with Gasteiger partial charge in [-0.15, -0.1) is 0 Å². The van der Waals surface area contributed by atoms with Crippen LogP contribution in [0.3, 0.4) is 0 Å². The molecule has 6 nitrogen and oxygen atoms in total. The number of nitrogen functional groups attached to an aromatic ring is 2.